The third-order valence-electron chi connectivity index (χ3n) is 5.08. The van der Waals surface area contributed by atoms with Crippen LogP contribution in [0.1, 0.15) is 44.1 Å². The van der Waals surface area contributed by atoms with E-state index in [-0.39, 0.29) is 5.41 Å². The second kappa shape index (κ2) is 4.55. The van der Waals surface area contributed by atoms with Crippen molar-refractivity contribution in [2.24, 2.45) is 5.41 Å². The highest BCUT2D eigenvalue weighted by Crippen LogP contribution is 2.62. The minimum Gasteiger partial charge on any atom is -0.319 e. The number of hydrogen-bond acceptors (Lipinski definition) is 1. The molecular formula is C16H21F2N. The average molecular weight is 265 g/mol. The molecule has 3 heteroatoms. The lowest BCUT2D eigenvalue weighted by Gasteiger charge is -2.56. The number of likely N-dealkylation sites (N-methyl/N-ethyl adjacent to an activating group) is 1. The van der Waals surface area contributed by atoms with E-state index >= 15 is 0 Å². The van der Waals surface area contributed by atoms with Crippen molar-refractivity contribution in [2.45, 2.75) is 43.9 Å². The van der Waals surface area contributed by atoms with Crippen LogP contribution in [0.2, 0.25) is 0 Å². The molecule has 2 saturated carbocycles. The summed E-state index contributed by atoms with van der Waals surface area (Å²) in [5, 5.41) is 3.21. The van der Waals surface area contributed by atoms with Crippen molar-refractivity contribution < 1.29 is 8.78 Å². The van der Waals surface area contributed by atoms with Crippen LogP contribution in [-0.2, 0) is 5.41 Å². The van der Waals surface area contributed by atoms with Gasteiger partial charge in [0.2, 0.25) is 0 Å². The SMILES string of the molecule is CNCC1(c2cc(F)cc(F)c2)CC2(CCCC2)C1. The Bertz CT molecular complexity index is 449. The summed E-state index contributed by atoms with van der Waals surface area (Å²) in [6.07, 6.45) is 7.35. The Kier molecular flexibility index (Phi) is 3.12. The maximum Gasteiger partial charge on any atom is 0.126 e. The van der Waals surface area contributed by atoms with Crippen LogP contribution in [0.4, 0.5) is 8.78 Å². The van der Waals surface area contributed by atoms with Gasteiger partial charge in [0.05, 0.1) is 0 Å². The second-order valence-corrected chi connectivity index (χ2v) is 6.53. The number of rotatable bonds is 3. The van der Waals surface area contributed by atoms with E-state index < -0.39 is 11.6 Å². The Morgan fingerprint density at radius 3 is 2.16 bits per heavy atom. The lowest BCUT2D eigenvalue weighted by atomic mass is 9.49. The summed E-state index contributed by atoms with van der Waals surface area (Å²) < 4.78 is 26.9. The molecule has 0 radical (unpaired) electrons. The second-order valence-electron chi connectivity index (χ2n) is 6.53. The van der Waals surface area contributed by atoms with Gasteiger partial charge >= 0.3 is 0 Å². The summed E-state index contributed by atoms with van der Waals surface area (Å²) in [4.78, 5) is 0. The molecule has 2 fully saturated rings. The molecule has 0 aromatic heterocycles. The lowest BCUT2D eigenvalue weighted by molar-refractivity contribution is 0.0278. The first kappa shape index (κ1) is 13.0. The maximum absolute atomic E-state index is 13.5. The van der Waals surface area contributed by atoms with Crippen LogP contribution in [0.25, 0.3) is 0 Å². The minimum absolute atomic E-state index is 0.0674. The van der Waals surface area contributed by atoms with Gasteiger partial charge < -0.3 is 5.32 Å². The summed E-state index contributed by atoms with van der Waals surface area (Å²) in [5.74, 6) is -0.921. The van der Waals surface area contributed by atoms with Gasteiger partial charge in [-0.25, -0.2) is 8.78 Å². The van der Waals surface area contributed by atoms with E-state index in [1.807, 2.05) is 7.05 Å². The van der Waals surface area contributed by atoms with Crippen molar-refractivity contribution in [1.82, 2.24) is 5.32 Å². The number of nitrogens with one attached hydrogen (secondary N) is 1. The number of hydrogen-bond donors (Lipinski definition) is 1. The van der Waals surface area contributed by atoms with Crippen molar-refractivity contribution >= 4 is 0 Å². The predicted octanol–water partition coefficient (Wildman–Crippen LogP) is 3.78. The normalized spacial score (nSPS) is 23.5. The molecule has 0 aliphatic heterocycles. The van der Waals surface area contributed by atoms with Crippen LogP contribution in [0.5, 0.6) is 0 Å². The van der Waals surface area contributed by atoms with Gasteiger partial charge in [-0.1, -0.05) is 12.8 Å². The zero-order chi connectivity index (χ0) is 13.5. The molecule has 104 valence electrons. The van der Waals surface area contributed by atoms with E-state index in [1.54, 1.807) is 0 Å². The minimum atomic E-state index is -0.460. The van der Waals surface area contributed by atoms with Gasteiger partial charge in [-0.3, -0.25) is 0 Å². The first-order valence-corrected chi connectivity index (χ1v) is 7.19. The van der Waals surface area contributed by atoms with Crippen molar-refractivity contribution in [2.75, 3.05) is 13.6 Å². The highest BCUT2D eigenvalue weighted by Gasteiger charge is 2.55. The molecule has 1 N–H and O–H groups in total. The molecule has 1 spiro atoms. The number of halogens is 2. The fourth-order valence-electron chi connectivity index (χ4n) is 4.49. The number of benzene rings is 1. The fourth-order valence-corrected chi connectivity index (χ4v) is 4.49. The molecule has 0 unspecified atom stereocenters. The molecule has 0 atom stereocenters. The van der Waals surface area contributed by atoms with Crippen LogP contribution < -0.4 is 5.32 Å². The summed E-state index contributed by atoms with van der Waals surface area (Å²) in [6, 6.07) is 3.99. The van der Waals surface area contributed by atoms with E-state index in [2.05, 4.69) is 5.32 Å². The molecule has 2 aliphatic rings. The Morgan fingerprint density at radius 1 is 1.05 bits per heavy atom. The molecule has 19 heavy (non-hydrogen) atoms. The van der Waals surface area contributed by atoms with Crippen molar-refractivity contribution in [3.8, 4) is 0 Å². The standard InChI is InChI=1S/C16H21F2N/c1-19-11-16(9-15(10-16)4-2-3-5-15)12-6-13(17)8-14(18)7-12/h6-8,19H,2-5,9-11H2,1H3. The lowest BCUT2D eigenvalue weighted by Crippen LogP contribution is -2.53. The highest BCUT2D eigenvalue weighted by atomic mass is 19.1. The fraction of sp³-hybridized carbons (Fsp3) is 0.625. The molecule has 0 amide bonds. The Hall–Kier alpha value is -0.960. The monoisotopic (exact) mass is 265 g/mol. The first-order chi connectivity index (χ1) is 9.07. The molecule has 0 bridgehead atoms. The van der Waals surface area contributed by atoms with Gasteiger partial charge in [0, 0.05) is 18.0 Å². The van der Waals surface area contributed by atoms with Gasteiger partial charge in [0.1, 0.15) is 11.6 Å². The Labute approximate surface area is 113 Å². The van der Waals surface area contributed by atoms with Crippen molar-refractivity contribution in [3.63, 3.8) is 0 Å². The molecule has 1 nitrogen and oxygen atoms in total. The quantitative estimate of drug-likeness (QED) is 0.877. The van der Waals surface area contributed by atoms with Crippen molar-refractivity contribution in [1.29, 1.82) is 0 Å². The highest BCUT2D eigenvalue weighted by molar-refractivity contribution is 5.33. The average Bonchev–Trinajstić information content (AvgIpc) is 2.76. The zero-order valence-electron chi connectivity index (χ0n) is 11.4. The van der Waals surface area contributed by atoms with Gasteiger partial charge in [0.25, 0.3) is 0 Å². The van der Waals surface area contributed by atoms with Crippen LogP contribution in [-0.4, -0.2) is 13.6 Å². The van der Waals surface area contributed by atoms with Gasteiger partial charge in [-0.05, 0) is 55.8 Å². The molecule has 1 aromatic rings. The summed E-state index contributed by atoms with van der Waals surface area (Å²) >= 11 is 0. The van der Waals surface area contributed by atoms with Gasteiger partial charge in [-0.15, -0.1) is 0 Å². The molecule has 2 aliphatic carbocycles. The van der Waals surface area contributed by atoms with E-state index in [0.29, 0.717) is 5.41 Å². The molecule has 3 rings (SSSR count). The smallest absolute Gasteiger partial charge is 0.126 e. The molecular weight excluding hydrogens is 244 g/mol. The maximum atomic E-state index is 13.5. The summed E-state index contributed by atoms with van der Waals surface area (Å²) in [6.45, 7) is 0.803. The summed E-state index contributed by atoms with van der Waals surface area (Å²) in [5.41, 5.74) is 1.22. The van der Waals surface area contributed by atoms with Crippen LogP contribution in [0.3, 0.4) is 0 Å². The topological polar surface area (TPSA) is 12.0 Å². The van der Waals surface area contributed by atoms with E-state index in [4.69, 9.17) is 0 Å². The zero-order valence-corrected chi connectivity index (χ0v) is 11.4. The van der Waals surface area contributed by atoms with Gasteiger partial charge in [0.15, 0.2) is 0 Å². The summed E-state index contributed by atoms with van der Waals surface area (Å²) in [7, 11) is 1.91. The largest absolute Gasteiger partial charge is 0.319 e. The van der Waals surface area contributed by atoms with E-state index in [0.717, 1.165) is 31.0 Å². The van der Waals surface area contributed by atoms with Crippen LogP contribution in [0, 0.1) is 17.0 Å². The van der Waals surface area contributed by atoms with Crippen LogP contribution >= 0.6 is 0 Å². The van der Waals surface area contributed by atoms with E-state index in [9.17, 15) is 8.78 Å². The van der Waals surface area contributed by atoms with Gasteiger partial charge in [-0.2, -0.15) is 0 Å². The predicted molar refractivity (Wildman–Crippen MR) is 72.1 cm³/mol. The first-order valence-electron chi connectivity index (χ1n) is 7.19. The third kappa shape index (κ3) is 2.18. The molecule has 0 saturated heterocycles. The van der Waals surface area contributed by atoms with Crippen LogP contribution in [0.15, 0.2) is 18.2 Å². The van der Waals surface area contributed by atoms with E-state index in [1.165, 1.54) is 37.8 Å². The molecule has 1 aromatic carbocycles. The Morgan fingerprint density at radius 2 is 1.63 bits per heavy atom. The third-order valence-corrected chi connectivity index (χ3v) is 5.08. The molecule has 0 heterocycles. The Balaban J connectivity index is 1.89. The van der Waals surface area contributed by atoms with Crippen molar-refractivity contribution in [3.05, 3.63) is 35.4 Å².